The van der Waals surface area contributed by atoms with Crippen LogP contribution in [0.1, 0.15) is 43.5 Å². The van der Waals surface area contributed by atoms with Gasteiger partial charge in [0.25, 0.3) is 0 Å². The van der Waals surface area contributed by atoms with E-state index in [1.807, 2.05) is 25.4 Å². The molecule has 2 aromatic rings. The Morgan fingerprint density at radius 2 is 2.00 bits per heavy atom. The molecule has 2 fully saturated rings. The third-order valence-corrected chi connectivity index (χ3v) is 6.82. The lowest BCUT2D eigenvalue weighted by Gasteiger charge is -2.38. The minimum absolute atomic E-state index is 0.0298. The summed E-state index contributed by atoms with van der Waals surface area (Å²) in [6, 6.07) is 7.91. The van der Waals surface area contributed by atoms with Gasteiger partial charge in [0, 0.05) is 50.0 Å². The van der Waals surface area contributed by atoms with Gasteiger partial charge in [-0.2, -0.15) is 5.10 Å². The van der Waals surface area contributed by atoms with E-state index in [1.165, 1.54) is 17.8 Å². The van der Waals surface area contributed by atoms with E-state index in [0.29, 0.717) is 18.7 Å². The van der Waals surface area contributed by atoms with Gasteiger partial charge >= 0.3 is 0 Å². The summed E-state index contributed by atoms with van der Waals surface area (Å²) in [4.78, 5) is 27.1. The van der Waals surface area contributed by atoms with Crippen LogP contribution in [0.3, 0.4) is 0 Å². The highest BCUT2D eigenvalue weighted by molar-refractivity contribution is 8.14. The number of carbonyl (C=O) groups excluding carboxylic acids is 2. The highest BCUT2D eigenvalue weighted by Crippen LogP contribution is 2.40. The summed E-state index contributed by atoms with van der Waals surface area (Å²) in [7, 11) is 1.86. The largest absolute Gasteiger partial charge is 0.297 e. The maximum absolute atomic E-state index is 14.7. The molecule has 7 heteroatoms. The molecule has 1 aliphatic carbocycles. The molecule has 0 spiro atoms. The van der Waals surface area contributed by atoms with Crippen LogP contribution in [0.2, 0.25) is 0 Å². The van der Waals surface area contributed by atoms with Gasteiger partial charge in [-0.25, -0.2) is 4.39 Å². The van der Waals surface area contributed by atoms with Crippen molar-refractivity contribution >= 4 is 28.7 Å². The van der Waals surface area contributed by atoms with E-state index in [9.17, 15) is 14.0 Å². The second-order valence-corrected chi connectivity index (χ2v) is 9.47. The van der Waals surface area contributed by atoms with Crippen LogP contribution in [0.5, 0.6) is 0 Å². The second kappa shape index (κ2) is 8.86. The zero-order valence-electron chi connectivity index (χ0n) is 17.3. The number of ketones is 1. The standard InChI is InChI=1S/C23H26FN3O2S/c1-15(28)30-21-10-12-27(14-17(21)13-18-9-11-26(2)25-18)22(23(29)16-7-8-16)19-5-3-4-6-20(19)24/h3-6,9,11,13,16,21-22H,7-8,10,12,14H2,1-2H3/b17-13+. The van der Waals surface area contributed by atoms with Crippen LogP contribution < -0.4 is 0 Å². The summed E-state index contributed by atoms with van der Waals surface area (Å²) in [5.74, 6) is -0.205. The van der Waals surface area contributed by atoms with Crippen LogP contribution in [0.4, 0.5) is 4.39 Å². The van der Waals surface area contributed by atoms with Crippen LogP contribution in [-0.2, 0) is 16.6 Å². The summed E-state index contributed by atoms with van der Waals surface area (Å²) < 4.78 is 16.4. The van der Waals surface area contributed by atoms with E-state index in [-0.39, 0.29) is 27.9 Å². The third-order valence-electron chi connectivity index (χ3n) is 5.67. The van der Waals surface area contributed by atoms with E-state index in [1.54, 1.807) is 29.8 Å². The minimum Gasteiger partial charge on any atom is -0.297 e. The number of hydrogen-bond donors (Lipinski definition) is 0. The van der Waals surface area contributed by atoms with Crippen molar-refractivity contribution in [1.82, 2.24) is 14.7 Å². The van der Waals surface area contributed by atoms with Crippen molar-refractivity contribution in [2.45, 2.75) is 37.5 Å². The number of hydrogen-bond acceptors (Lipinski definition) is 5. The first kappa shape index (κ1) is 21.0. The lowest BCUT2D eigenvalue weighted by atomic mass is 9.93. The Morgan fingerprint density at radius 3 is 2.63 bits per heavy atom. The molecule has 158 valence electrons. The van der Waals surface area contributed by atoms with Crippen LogP contribution >= 0.6 is 11.8 Å². The molecule has 2 atom stereocenters. The fraction of sp³-hybridized carbons (Fsp3) is 0.435. The molecule has 30 heavy (non-hydrogen) atoms. The average Bonchev–Trinajstić information content (AvgIpc) is 3.47. The maximum Gasteiger partial charge on any atom is 0.186 e. The van der Waals surface area contributed by atoms with Crippen molar-refractivity contribution < 1.29 is 14.0 Å². The minimum atomic E-state index is -0.589. The van der Waals surface area contributed by atoms with Crippen molar-refractivity contribution in [3.05, 3.63) is 59.2 Å². The van der Waals surface area contributed by atoms with Gasteiger partial charge in [0.1, 0.15) is 5.82 Å². The van der Waals surface area contributed by atoms with Gasteiger partial charge in [-0.05, 0) is 43.0 Å². The molecule has 1 saturated carbocycles. The normalized spacial score (nSPS) is 22.2. The molecule has 1 aromatic heterocycles. The molecule has 4 rings (SSSR count). The topological polar surface area (TPSA) is 55.2 Å². The summed E-state index contributed by atoms with van der Waals surface area (Å²) >= 11 is 1.32. The number of thioether (sulfide) groups is 1. The van der Waals surface area contributed by atoms with Gasteiger partial charge < -0.3 is 0 Å². The summed E-state index contributed by atoms with van der Waals surface area (Å²) in [5.41, 5.74) is 2.31. The summed E-state index contributed by atoms with van der Waals surface area (Å²) in [6.07, 6.45) is 6.38. The molecule has 1 aromatic carbocycles. The monoisotopic (exact) mass is 427 g/mol. The Kier molecular flexibility index (Phi) is 6.20. The SMILES string of the molecule is CC(=O)SC1CCN(C(C(=O)C2CC2)c2ccccc2F)C/C1=C\c1ccn(C)n1. The predicted octanol–water partition coefficient (Wildman–Crippen LogP) is 4.02. The number of aryl methyl sites for hydroxylation is 1. The predicted molar refractivity (Wildman–Crippen MR) is 116 cm³/mol. The van der Waals surface area contributed by atoms with Crippen molar-refractivity contribution in [2.24, 2.45) is 13.0 Å². The number of aromatic nitrogens is 2. The quantitative estimate of drug-likeness (QED) is 0.697. The van der Waals surface area contributed by atoms with Crippen molar-refractivity contribution in [3.8, 4) is 0 Å². The number of nitrogens with zero attached hydrogens (tertiary/aromatic N) is 3. The number of piperidine rings is 1. The van der Waals surface area contributed by atoms with Gasteiger partial charge in [0.15, 0.2) is 10.9 Å². The number of likely N-dealkylation sites (tertiary alicyclic amines) is 1. The van der Waals surface area contributed by atoms with E-state index in [2.05, 4.69) is 10.00 Å². The summed E-state index contributed by atoms with van der Waals surface area (Å²) in [6.45, 7) is 2.73. The van der Waals surface area contributed by atoms with Gasteiger partial charge in [0.2, 0.25) is 0 Å². The van der Waals surface area contributed by atoms with Crippen LogP contribution in [0, 0.1) is 11.7 Å². The van der Waals surface area contributed by atoms with Crippen LogP contribution in [-0.4, -0.2) is 43.9 Å². The van der Waals surface area contributed by atoms with Crippen LogP contribution in [0.15, 0.2) is 42.1 Å². The molecule has 2 unspecified atom stereocenters. The number of Topliss-reactive ketones (excluding diaryl/α,β-unsaturated/α-hetero) is 1. The highest BCUT2D eigenvalue weighted by Gasteiger charge is 2.41. The average molecular weight is 428 g/mol. The molecular weight excluding hydrogens is 401 g/mol. The number of carbonyl (C=O) groups is 2. The molecule has 5 nitrogen and oxygen atoms in total. The highest BCUT2D eigenvalue weighted by atomic mass is 32.2. The van der Waals surface area contributed by atoms with Gasteiger partial charge in [-0.15, -0.1) is 0 Å². The molecule has 2 heterocycles. The van der Waals surface area contributed by atoms with Gasteiger partial charge in [-0.1, -0.05) is 30.0 Å². The van der Waals surface area contributed by atoms with Crippen molar-refractivity contribution in [1.29, 1.82) is 0 Å². The first-order valence-electron chi connectivity index (χ1n) is 10.3. The number of halogens is 1. The molecule has 0 bridgehead atoms. The molecule has 1 aliphatic heterocycles. The van der Waals surface area contributed by atoms with Crippen molar-refractivity contribution in [3.63, 3.8) is 0 Å². The number of benzene rings is 1. The van der Waals surface area contributed by atoms with E-state index < -0.39 is 6.04 Å². The molecule has 2 aliphatic rings. The molecule has 0 N–H and O–H groups in total. The first-order chi connectivity index (χ1) is 14.4. The van der Waals surface area contributed by atoms with Crippen LogP contribution in [0.25, 0.3) is 6.08 Å². The molecule has 0 amide bonds. The lowest BCUT2D eigenvalue weighted by Crippen LogP contribution is -2.43. The smallest absolute Gasteiger partial charge is 0.186 e. The molecule has 0 radical (unpaired) electrons. The molecule has 1 saturated heterocycles. The summed E-state index contributed by atoms with van der Waals surface area (Å²) in [5, 5.41) is 4.54. The zero-order chi connectivity index (χ0) is 21.3. The van der Waals surface area contributed by atoms with E-state index in [0.717, 1.165) is 30.5 Å². The second-order valence-electron chi connectivity index (χ2n) is 8.09. The van der Waals surface area contributed by atoms with E-state index >= 15 is 0 Å². The maximum atomic E-state index is 14.7. The van der Waals surface area contributed by atoms with Crippen molar-refractivity contribution in [2.75, 3.05) is 13.1 Å². The Bertz CT molecular complexity index is 982. The Balaban J connectivity index is 1.66. The fourth-order valence-electron chi connectivity index (χ4n) is 4.10. The molecular formula is C23H26FN3O2S. The first-order valence-corrected chi connectivity index (χ1v) is 11.2. The fourth-order valence-corrected chi connectivity index (χ4v) is 5.01. The third kappa shape index (κ3) is 4.73. The van der Waals surface area contributed by atoms with Gasteiger partial charge in [0.05, 0.1) is 11.7 Å². The van der Waals surface area contributed by atoms with E-state index in [4.69, 9.17) is 0 Å². The lowest BCUT2D eigenvalue weighted by molar-refractivity contribution is -0.126. The Labute approximate surface area is 180 Å². The van der Waals surface area contributed by atoms with Gasteiger partial charge in [-0.3, -0.25) is 19.2 Å². The Hall–Kier alpha value is -2.25. The Morgan fingerprint density at radius 1 is 1.23 bits per heavy atom. The number of rotatable bonds is 6. The zero-order valence-corrected chi connectivity index (χ0v) is 18.1.